The van der Waals surface area contributed by atoms with Crippen LogP contribution in [0.1, 0.15) is 39.9 Å². The van der Waals surface area contributed by atoms with Crippen molar-refractivity contribution in [2.45, 2.75) is 31.8 Å². The Morgan fingerprint density at radius 3 is 2.30 bits per heavy atom. The summed E-state index contributed by atoms with van der Waals surface area (Å²) in [5.41, 5.74) is 5.66. The Hall–Kier alpha value is -6.93. The molecule has 7 aromatic rings. The lowest BCUT2D eigenvalue weighted by Crippen LogP contribution is -2.40. The van der Waals surface area contributed by atoms with Gasteiger partial charge in [0.15, 0.2) is 5.82 Å². The van der Waals surface area contributed by atoms with Gasteiger partial charge in [-0.05, 0) is 53.5 Å². The zero-order valence-electron chi connectivity index (χ0n) is 29.2. The van der Waals surface area contributed by atoms with Gasteiger partial charge in [-0.2, -0.15) is 5.26 Å². The molecule has 0 saturated carbocycles. The molecular formula is C42H38N8O3. The number of para-hydroxylation sites is 2. The summed E-state index contributed by atoms with van der Waals surface area (Å²) in [5, 5.41) is 26.9. The van der Waals surface area contributed by atoms with E-state index in [-0.39, 0.29) is 12.1 Å². The lowest BCUT2D eigenvalue weighted by molar-refractivity contribution is -0.124. The van der Waals surface area contributed by atoms with Gasteiger partial charge in [0, 0.05) is 52.6 Å². The van der Waals surface area contributed by atoms with E-state index in [1.807, 2.05) is 103 Å². The lowest BCUT2D eigenvalue weighted by Gasteiger charge is -2.20. The van der Waals surface area contributed by atoms with Crippen LogP contribution in [0.3, 0.4) is 0 Å². The Balaban J connectivity index is 1.16. The smallest absolute Gasteiger partial charge is 0.262 e. The van der Waals surface area contributed by atoms with Crippen molar-refractivity contribution in [1.82, 2.24) is 35.4 Å². The molecule has 0 fully saturated rings. The van der Waals surface area contributed by atoms with Gasteiger partial charge in [0.25, 0.3) is 5.91 Å². The predicted octanol–water partition coefficient (Wildman–Crippen LogP) is 6.21. The third-order valence-corrected chi connectivity index (χ3v) is 9.28. The summed E-state index contributed by atoms with van der Waals surface area (Å²) < 4.78 is 7.46. The Labute approximate surface area is 306 Å². The molecule has 0 unspecified atom stereocenters. The highest BCUT2D eigenvalue weighted by Crippen LogP contribution is 2.26. The monoisotopic (exact) mass is 702 g/mol. The molecule has 11 heteroatoms. The van der Waals surface area contributed by atoms with Gasteiger partial charge in [-0.1, -0.05) is 78.9 Å². The standard InChI is InChI=1S/C42H38N8O3/c1-53-33-18-15-29(16-19-33)27-50-39(20-17-28-9-3-2-4-10-28)48-49-41(50)38(22-32-25-45-37-14-8-6-12-35(32)37)47-40(51)26-46-42(52)30(23-43)21-31-24-44-36-13-7-5-11-34(31)36/h2-16,18-19,21,24-25,38,44-45H,17,20,22,26-27H2,1H3,(H,46,52)(H,47,51)/b30-21+/t38-/m1/s1. The minimum Gasteiger partial charge on any atom is -0.497 e. The summed E-state index contributed by atoms with van der Waals surface area (Å²) in [7, 11) is 1.64. The number of hydrogen-bond donors (Lipinski definition) is 4. The molecule has 11 nitrogen and oxygen atoms in total. The number of aryl methyl sites for hydroxylation is 2. The molecule has 7 rings (SSSR count). The maximum Gasteiger partial charge on any atom is 0.262 e. The molecular weight excluding hydrogens is 665 g/mol. The number of fused-ring (bicyclic) bond motifs is 2. The summed E-state index contributed by atoms with van der Waals surface area (Å²) in [5.74, 6) is 1.05. The Morgan fingerprint density at radius 2 is 1.55 bits per heavy atom. The highest BCUT2D eigenvalue weighted by Gasteiger charge is 2.25. The van der Waals surface area contributed by atoms with Crippen LogP contribution in [0.4, 0.5) is 0 Å². The van der Waals surface area contributed by atoms with Crippen molar-refractivity contribution in [2.75, 3.05) is 13.7 Å². The molecule has 0 aliphatic rings. The second-order valence-electron chi connectivity index (χ2n) is 12.7. The summed E-state index contributed by atoms with van der Waals surface area (Å²) in [6.07, 6.45) is 7.02. The van der Waals surface area contributed by atoms with E-state index in [0.717, 1.165) is 50.9 Å². The number of ether oxygens (including phenoxy) is 1. The van der Waals surface area contributed by atoms with Crippen molar-refractivity contribution in [3.05, 3.63) is 155 Å². The van der Waals surface area contributed by atoms with Gasteiger partial charge in [-0.15, -0.1) is 10.2 Å². The largest absolute Gasteiger partial charge is 0.497 e. The average molecular weight is 703 g/mol. The number of rotatable bonds is 14. The van der Waals surface area contributed by atoms with Crippen LogP contribution in [0.15, 0.2) is 121 Å². The van der Waals surface area contributed by atoms with Crippen molar-refractivity contribution in [2.24, 2.45) is 0 Å². The van der Waals surface area contributed by atoms with E-state index in [1.54, 1.807) is 13.3 Å². The van der Waals surface area contributed by atoms with Crippen LogP contribution in [0.5, 0.6) is 5.75 Å². The van der Waals surface area contributed by atoms with Crippen LogP contribution >= 0.6 is 0 Å². The molecule has 0 bridgehead atoms. The van der Waals surface area contributed by atoms with Crippen LogP contribution in [-0.4, -0.2) is 50.2 Å². The minimum absolute atomic E-state index is 0.111. The first-order chi connectivity index (χ1) is 26.0. The zero-order chi connectivity index (χ0) is 36.6. The SMILES string of the molecule is COc1ccc(Cn2c(CCc3ccccc3)nnc2[C@@H](Cc2c[nH]c3ccccc23)NC(=O)CNC(=O)/C(C#N)=C/c2c[nH]c3ccccc23)cc1. The number of nitriles is 1. The van der Waals surface area contributed by atoms with E-state index in [1.165, 1.54) is 11.6 Å². The van der Waals surface area contributed by atoms with Crippen molar-refractivity contribution in [1.29, 1.82) is 5.26 Å². The number of carbonyl (C=O) groups is 2. The summed E-state index contributed by atoms with van der Waals surface area (Å²) >= 11 is 0. The van der Waals surface area contributed by atoms with Gasteiger partial charge in [0.1, 0.15) is 23.2 Å². The Kier molecular flexibility index (Phi) is 10.4. The first-order valence-corrected chi connectivity index (χ1v) is 17.4. The van der Waals surface area contributed by atoms with Gasteiger partial charge in [-0.3, -0.25) is 9.59 Å². The van der Waals surface area contributed by atoms with Crippen LogP contribution in [0, 0.1) is 11.3 Å². The molecule has 53 heavy (non-hydrogen) atoms. The number of amides is 2. The quantitative estimate of drug-likeness (QED) is 0.0782. The number of carbonyl (C=O) groups excluding carboxylic acids is 2. The van der Waals surface area contributed by atoms with Gasteiger partial charge >= 0.3 is 0 Å². The second kappa shape index (κ2) is 16.0. The zero-order valence-corrected chi connectivity index (χ0v) is 29.2. The van der Waals surface area contributed by atoms with E-state index >= 15 is 0 Å². The maximum atomic E-state index is 13.7. The van der Waals surface area contributed by atoms with E-state index in [9.17, 15) is 14.9 Å². The fraction of sp³-hybridized carbons (Fsp3) is 0.167. The number of aromatic amines is 2. The van der Waals surface area contributed by atoms with E-state index in [2.05, 4.69) is 42.4 Å². The predicted molar refractivity (Wildman–Crippen MR) is 204 cm³/mol. The number of benzene rings is 4. The molecule has 0 saturated heterocycles. The molecule has 4 N–H and O–H groups in total. The second-order valence-corrected chi connectivity index (χ2v) is 12.7. The summed E-state index contributed by atoms with van der Waals surface area (Å²) in [6, 6.07) is 35.0. The van der Waals surface area contributed by atoms with Crippen molar-refractivity contribution >= 4 is 39.7 Å². The first kappa shape index (κ1) is 34.5. The summed E-state index contributed by atoms with van der Waals surface area (Å²) in [6.45, 7) is 0.126. The average Bonchev–Trinajstić information content (AvgIpc) is 3.92. The minimum atomic E-state index is -0.646. The number of aromatic nitrogens is 5. The highest BCUT2D eigenvalue weighted by molar-refractivity contribution is 6.05. The van der Waals surface area contributed by atoms with Crippen molar-refractivity contribution < 1.29 is 14.3 Å². The van der Waals surface area contributed by atoms with Crippen LogP contribution in [0.2, 0.25) is 0 Å². The Morgan fingerprint density at radius 1 is 0.849 bits per heavy atom. The molecule has 3 heterocycles. The van der Waals surface area contributed by atoms with E-state index in [4.69, 9.17) is 9.84 Å². The number of nitrogens with one attached hydrogen (secondary N) is 4. The summed E-state index contributed by atoms with van der Waals surface area (Å²) in [4.78, 5) is 33.3. The number of nitrogens with zero attached hydrogens (tertiary/aromatic N) is 4. The third-order valence-electron chi connectivity index (χ3n) is 9.28. The number of H-pyrrole nitrogens is 2. The van der Waals surface area contributed by atoms with Gasteiger partial charge < -0.3 is 29.9 Å². The van der Waals surface area contributed by atoms with Crippen LogP contribution < -0.4 is 15.4 Å². The molecule has 264 valence electrons. The maximum absolute atomic E-state index is 13.7. The Bertz CT molecular complexity index is 2430. The molecule has 2 amide bonds. The fourth-order valence-corrected chi connectivity index (χ4v) is 6.52. The topological polar surface area (TPSA) is 154 Å². The lowest BCUT2D eigenvalue weighted by atomic mass is 10.0. The molecule has 0 aliphatic carbocycles. The number of methoxy groups -OCH3 is 1. The van der Waals surface area contributed by atoms with Gasteiger partial charge in [-0.25, -0.2) is 0 Å². The van der Waals surface area contributed by atoms with Crippen molar-refractivity contribution in [3.63, 3.8) is 0 Å². The number of hydrogen-bond acceptors (Lipinski definition) is 6. The molecule has 0 radical (unpaired) electrons. The molecule has 1 atom stereocenters. The molecule has 4 aromatic carbocycles. The van der Waals surface area contributed by atoms with E-state index < -0.39 is 17.9 Å². The third kappa shape index (κ3) is 8.02. The molecule has 3 aromatic heterocycles. The van der Waals surface area contributed by atoms with Crippen LogP contribution in [-0.2, 0) is 35.4 Å². The van der Waals surface area contributed by atoms with Gasteiger partial charge in [0.05, 0.1) is 26.2 Å². The van der Waals surface area contributed by atoms with Gasteiger partial charge in [0.2, 0.25) is 5.91 Å². The first-order valence-electron chi connectivity index (χ1n) is 17.4. The molecule has 0 spiro atoms. The fourth-order valence-electron chi connectivity index (χ4n) is 6.52. The molecule has 0 aliphatic heterocycles. The van der Waals surface area contributed by atoms with Crippen LogP contribution in [0.25, 0.3) is 27.9 Å². The van der Waals surface area contributed by atoms with Crippen molar-refractivity contribution in [3.8, 4) is 11.8 Å². The van der Waals surface area contributed by atoms with E-state index in [0.29, 0.717) is 30.8 Å². The highest BCUT2D eigenvalue weighted by atomic mass is 16.5. The normalized spacial score (nSPS) is 12.0.